The maximum atomic E-state index is 13.0. The first kappa shape index (κ1) is 16.9. The lowest BCUT2D eigenvalue weighted by molar-refractivity contribution is 0.00827. The second-order valence-electron chi connectivity index (χ2n) is 5.28. The highest BCUT2D eigenvalue weighted by atomic mass is 19.1. The van der Waals surface area contributed by atoms with Gasteiger partial charge in [-0.25, -0.2) is 9.18 Å². The molecule has 0 saturated heterocycles. The quantitative estimate of drug-likeness (QED) is 0.780. The number of halogens is 1. The van der Waals surface area contributed by atoms with Gasteiger partial charge in [0.1, 0.15) is 11.9 Å². The topological polar surface area (TPSA) is 85.2 Å². The standard InChI is InChI=1S/C15H20FN3O2/c1-4-10(2)15(3,21)9-18-14(20)19-13-6-5-12(16)7-11(13)8-17/h5-7,10,21H,4,9H2,1-3H3,(H2,18,19,20). The van der Waals surface area contributed by atoms with Crippen LogP contribution in [0.25, 0.3) is 0 Å². The molecular weight excluding hydrogens is 273 g/mol. The van der Waals surface area contributed by atoms with E-state index >= 15 is 0 Å². The fraction of sp³-hybridized carbons (Fsp3) is 0.467. The largest absolute Gasteiger partial charge is 0.388 e. The zero-order valence-electron chi connectivity index (χ0n) is 12.4. The Bertz CT molecular complexity index is 552. The van der Waals surface area contributed by atoms with E-state index in [1.165, 1.54) is 6.07 Å². The van der Waals surface area contributed by atoms with Crippen LogP contribution in [-0.4, -0.2) is 23.3 Å². The summed E-state index contributed by atoms with van der Waals surface area (Å²) in [7, 11) is 0. The molecule has 6 heteroatoms. The van der Waals surface area contributed by atoms with Crippen LogP contribution in [0.3, 0.4) is 0 Å². The zero-order valence-corrected chi connectivity index (χ0v) is 12.4. The number of carbonyl (C=O) groups excluding carboxylic acids is 1. The molecule has 0 fully saturated rings. The van der Waals surface area contributed by atoms with Gasteiger partial charge in [-0.15, -0.1) is 0 Å². The Morgan fingerprint density at radius 1 is 1.57 bits per heavy atom. The number of aliphatic hydroxyl groups is 1. The Balaban J connectivity index is 2.65. The number of hydrogen-bond donors (Lipinski definition) is 3. The Hall–Kier alpha value is -2.13. The molecule has 0 aliphatic heterocycles. The van der Waals surface area contributed by atoms with Crippen molar-refractivity contribution in [2.75, 3.05) is 11.9 Å². The normalized spacial score (nSPS) is 14.7. The molecule has 1 rings (SSSR count). The lowest BCUT2D eigenvalue weighted by atomic mass is 9.89. The second-order valence-corrected chi connectivity index (χ2v) is 5.28. The first-order valence-electron chi connectivity index (χ1n) is 6.77. The number of rotatable bonds is 5. The van der Waals surface area contributed by atoms with Gasteiger partial charge in [-0.3, -0.25) is 0 Å². The first-order valence-corrected chi connectivity index (χ1v) is 6.77. The highest BCUT2D eigenvalue weighted by molar-refractivity contribution is 5.90. The average molecular weight is 293 g/mol. The van der Waals surface area contributed by atoms with Gasteiger partial charge >= 0.3 is 6.03 Å². The van der Waals surface area contributed by atoms with Crippen molar-refractivity contribution in [3.63, 3.8) is 0 Å². The van der Waals surface area contributed by atoms with Gasteiger partial charge in [-0.1, -0.05) is 20.3 Å². The summed E-state index contributed by atoms with van der Waals surface area (Å²) in [4.78, 5) is 11.8. The minimum absolute atomic E-state index is 0.0262. The van der Waals surface area contributed by atoms with Gasteiger partial charge in [-0.05, 0) is 31.0 Å². The minimum atomic E-state index is -1.02. The summed E-state index contributed by atoms with van der Waals surface area (Å²) in [5.74, 6) is -0.518. The molecule has 114 valence electrons. The zero-order chi connectivity index (χ0) is 16.0. The maximum Gasteiger partial charge on any atom is 0.319 e. The Labute approximate surface area is 123 Å². The molecule has 0 bridgehead atoms. The number of nitrogens with zero attached hydrogens (tertiary/aromatic N) is 1. The predicted octanol–water partition coefficient (Wildman–Crippen LogP) is 2.62. The summed E-state index contributed by atoms with van der Waals surface area (Å²) in [6.07, 6.45) is 0.785. The summed E-state index contributed by atoms with van der Waals surface area (Å²) in [5, 5.41) is 24.1. The lowest BCUT2D eigenvalue weighted by Crippen LogP contribution is -2.46. The summed E-state index contributed by atoms with van der Waals surface area (Å²) >= 11 is 0. The molecule has 1 aromatic carbocycles. The third kappa shape index (κ3) is 4.72. The third-order valence-electron chi connectivity index (χ3n) is 3.63. The Morgan fingerprint density at radius 3 is 2.81 bits per heavy atom. The molecule has 2 unspecified atom stereocenters. The lowest BCUT2D eigenvalue weighted by Gasteiger charge is -2.29. The van der Waals surface area contributed by atoms with Crippen LogP contribution >= 0.6 is 0 Å². The molecule has 2 atom stereocenters. The molecule has 0 heterocycles. The van der Waals surface area contributed by atoms with Crippen molar-refractivity contribution in [2.24, 2.45) is 5.92 Å². The molecule has 0 aromatic heterocycles. The molecule has 1 aromatic rings. The molecule has 0 aliphatic rings. The molecule has 0 radical (unpaired) electrons. The van der Waals surface area contributed by atoms with Gasteiger partial charge in [0.05, 0.1) is 16.9 Å². The number of hydrogen-bond acceptors (Lipinski definition) is 3. The second kappa shape index (κ2) is 7.04. The third-order valence-corrected chi connectivity index (χ3v) is 3.63. The van der Waals surface area contributed by atoms with Gasteiger partial charge in [-0.2, -0.15) is 5.26 Å². The summed E-state index contributed by atoms with van der Waals surface area (Å²) in [5.41, 5.74) is -0.758. The fourth-order valence-corrected chi connectivity index (χ4v) is 1.76. The molecule has 0 aliphatic carbocycles. The van der Waals surface area contributed by atoms with E-state index in [0.717, 1.165) is 18.6 Å². The number of carbonyl (C=O) groups is 1. The monoisotopic (exact) mass is 293 g/mol. The highest BCUT2D eigenvalue weighted by Crippen LogP contribution is 2.19. The van der Waals surface area contributed by atoms with Crippen LogP contribution in [0.5, 0.6) is 0 Å². The molecule has 2 amide bonds. The number of nitriles is 1. The van der Waals surface area contributed by atoms with Crippen molar-refractivity contribution in [3.05, 3.63) is 29.6 Å². The maximum absolute atomic E-state index is 13.0. The number of anilines is 1. The van der Waals surface area contributed by atoms with E-state index < -0.39 is 17.4 Å². The number of nitrogens with one attached hydrogen (secondary N) is 2. The Kier molecular flexibility index (Phi) is 5.68. The Morgan fingerprint density at radius 2 is 2.24 bits per heavy atom. The van der Waals surface area contributed by atoms with Crippen LogP contribution in [-0.2, 0) is 0 Å². The van der Waals surface area contributed by atoms with Crippen molar-refractivity contribution in [1.29, 1.82) is 5.26 Å². The van der Waals surface area contributed by atoms with Gasteiger partial charge in [0.15, 0.2) is 0 Å². The van der Waals surface area contributed by atoms with Crippen molar-refractivity contribution < 1.29 is 14.3 Å². The number of benzene rings is 1. The van der Waals surface area contributed by atoms with Crippen LogP contribution < -0.4 is 10.6 Å². The van der Waals surface area contributed by atoms with Crippen molar-refractivity contribution in [1.82, 2.24) is 5.32 Å². The first-order chi connectivity index (χ1) is 9.80. The summed E-state index contributed by atoms with van der Waals surface area (Å²) < 4.78 is 13.0. The van der Waals surface area contributed by atoms with Crippen LogP contribution in [0.1, 0.15) is 32.8 Å². The van der Waals surface area contributed by atoms with E-state index in [1.807, 2.05) is 19.9 Å². The van der Waals surface area contributed by atoms with E-state index in [2.05, 4.69) is 10.6 Å². The van der Waals surface area contributed by atoms with Crippen molar-refractivity contribution >= 4 is 11.7 Å². The van der Waals surface area contributed by atoms with Gasteiger partial charge in [0, 0.05) is 6.54 Å². The fourth-order valence-electron chi connectivity index (χ4n) is 1.76. The van der Waals surface area contributed by atoms with E-state index in [4.69, 9.17) is 5.26 Å². The molecular formula is C15H20FN3O2. The van der Waals surface area contributed by atoms with Crippen LogP contribution in [0.15, 0.2) is 18.2 Å². The predicted molar refractivity (Wildman–Crippen MR) is 78.2 cm³/mol. The van der Waals surface area contributed by atoms with E-state index in [9.17, 15) is 14.3 Å². The van der Waals surface area contributed by atoms with E-state index in [-0.39, 0.29) is 23.7 Å². The summed E-state index contributed by atoms with van der Waals surface area (Å²) in [6, 6.07) is 4.78. The van der Waals surface area contributed by atoms with E-state index in [1.54, 1.807) is 6.92 Å². The van der Waals surface area contributed by atoms with Crippen molar-refractivity contribution in [3.8, 4) is 6.07 Å². The molecule has 21 heavy (non-hydrogen) atoms. The van der Waals surface area contributed by atoms with Crippen LogP contribution in [0.4, 0.5) is 14.9 Å². The van der Waals surface area contributed by atoms with Crippen LogP contribution in [0, 0.1) is 23.1 Å². The molecule has 5 nitrogen and oxygen atoms in total. The summed E-state index contributed by atoms with van der Waals surface area (Å²) in [6.45, 7) is 5.58. The smallest absolute Gasteiger partial charge is 0.319 e. The molecule has 3 N–H and O–H groups in total. The molecule has 0 spiro atoms. The van der Waals surface area contributed by atoms with Gasteiger partial charge in [0.2, 0.25) is 0 Å². The number of amides is 2. The van der Waals surface area contributed by atoms with E-state index in [0.29, 0.717) is 0 Å². The average Bonchev–Trinajstić information content (AvgIpc) is 2.46. The van der Waals surface area contributed by atoms with Crippen molar-refractivity contribution in [2.45, 2.75) is 32.8 Å². The number of urea groups is 1. The molecule has 0 saturated carbocycles. The minimum Gasteiger partial charge on any atom is -0.388 e. The SMILES string of the molecule is CCC(C)C(C)(O)CNC(=O)Nc1ccc(F)cc1C#N. The van der Waals surface area contributed by atoms with Crippen LogP contribution in [0.2, 0.25) is 0 Å². The highest BCUT2D eigenvalue weighted by Gasteiger charge is 2.27. The van der Waals surface area contributed by atoms with Gasteiger partial charge < -0.3 is 15.7 Å². The van der Waals surface area contributed by atoms with Gasteiger partial charge in [0.25, 0.3) is 0 Å².